The summed E-state index contributed by atoms with van der Waals surface area (Å²) in [7, 11) is 1.78. The van der Waals surface area contributed by atoms with Crippen molar-refractivity contribution in [1.29, 1.82) is 0 Å². The van der Waals surface area contributed by atoms with Crippen LogP contribution in [0.4, 0.5) is 0 Å². The molecule has 0 amide bonds. The van der Waals surface area contributed by atoms with Crippen LogP contribution in [0, 0.1) is 6.92 Å². The normalized spacial score (nSPS) is 14.8. The van der Waals surface area contributed by atoms with Crippen molar-refractivity contribution in [2.24, 2.45) is 4.99 Å². The molecule has 1 aromatic heterocycles. The Hall–Kier alpha value is -1.43. The van der Waals surface area contributed by atoms with E-state index in [1.807, 2.05) is 25.1 Å². The van der Waals surface area contributed by atoms with E-state index in [4.69, 9.17) is 9.47 Å². The molecule has 166 valence electrons. The number of aromatic nitrogens is 1. The molecular formula is C21H32IN5O2S. The third-order valence-electron chi connectivity index (χ3n) is 4.75. The van der Waals surface area contributed by atoms with Gasteiger partial charge in [0.25, 0.3) is 0 Å². The molecule has 2 heterocycles. The maximum Gasteiger partial charge on any atom is 0.191 e. The number of benzene rings is 1. The fraction of sp³-hybridized carbons (Fsp3) is 0.524. The summed E-state index contributed by atoms with van der Waals surface area (Å²) in [5.74, 6) is 1.70. The second-order valence-electron chi connectivity index (χ2n) is 6.87. The first-order valence-corrected chi connectivity index (χ1v) is 11.0. The Morgan fingerprint density at radius 3 is 2.80 bits per heavy atom. The van der Waals surface area contributed by atoms with Crippen LogP contribution < -0.4 is 15.4 Å². The van der Waals surface area contributed by atoms with Crippen molar-refractivity contribution in [3.63, 3.8) is 0 Å². The van der Waals surface area contributed by atoms with Gasteiger partial charge < -0.3 is 20.1 Å². The molecule has 9 heteroatoms. The van der Waals surface area contributed by atoms with Crippen molar-refractivity contribution in [2.75, 3.05) is 53.0 Å². The molecule has 7 nitrogen and oxygen atoms in total. The van der Waals surface area contributed by atoms with Crippen LogP contribution in [0.5, 0.6) is 5.75 Å². The highest BCUT2D eigenvalue weighted by Gasteiger charge is 2.11. The van der Waals surface area contributed by atoms with Crippen LogP contribution in [0.15, 0.2) is 34.6 Å². The third kappa shape index (κ3) is 8.37. The number of nitrogens with one attached hydrogen (secondary N) is 2. The van der Waals surface area contributed by atoms with Crippen molar-refractivity contribution in [1.82, 2.24) is 20.5 Å². The van der Waals surface area contributed by atoms with Gasteiger partial charge in [-0.25, -0.2) is 4.98 Å². The number of aliphatic imine (C=N–C) groups is 1. The molecule has 1 aliphatic rings. The third-order valence-corrected chi connectivity index (χ3v) is 5.57. The summed E-state index contributed by atoms with van der Waals surface area (Å²) in [6.07, 6.45) is 0.881. The maximum absolute atomic E-state index is 6.06. The van der Waals surface area contributed by atoms with Crippen molar-refractivity contribution in [3.8, 4) is 5.75 Å². The van der Waals surface area contributed by atoms with Gasteiger partial charge in [-0.2, -0.15) is 0 Å². The van der Waals surface area contributed by atoms with E-state index in [9.17, 15) is 0 Å². The molecule has 2 N–H and O–H groups in total. The van der Waals surface area contributed by atoms with Crippen LogP contribution >= 0.6 is 35.3 Å². The zero-order chi connectivity index (χ0) is 20.3. The van der Waals surface area contributed by atoms with E-state index in [1.165, 1.54) is 0 Å². The van der Waals surface area contributed by atoms with Crippen molar-refractivity contribution >= 4 is 41.3 Å². The molecule has 0 radical (unpaired) electrons. The lowest BCUT2D eigenvalue weighted by Gasteiger charge is -2.26. The van der Waals surface area contributed by atoms with E-state index in [-0.39, 0.29) is 24.0 Å². The first kappa shape index (κ1) is 24.8. The predicted molar refractivity (Wildman–Crippen MR) is 133 cm³/mol. The highest BCUT2D eigenvalue weighted by atomic mass is 127. The van der Waals surface area contributed by atoms with E-state index in [0.717, 1.165) is 73.8 Å². The Kier molecular flexibility index (Phi) is 11.4. The number of hydrogen-bond donors (Lipinski definition) is 2. The van der Waals surface area contributed by atoms with E-state index >= 15 is 0 Å². The monoisotopic (exact) mass is 545 g/mol. The highest BCUT2D eigenvalue weighted by molar-refractivity contribution is 14.0. The van der Waals surface area contributed by atoms with Gasteiger partial charge in [-0.05, 0) is 13.0 Å². The van der Waals surface area contributed by atoms with Crippen LogP contribution in [0.2, 0.25) is 0 Å². The Morgan fingerprint density at radius 2 is 2.07 bits per heavy atom. The summed E-state index contributed by atoms with van der Waals surface area (Å²) in [6, 6.07) is 8.16. The molecule has 1 fully saturated rings. The van der Waals surface area contributed by atoms with Gasteiger partial charge in [0.05, 0.1) is 23.9 Å². The largest absolute Gasteiger partial charge is 0.492 e. The summed E-state index contributed by atoms with van der Waals surface area (Å²) in [5.41, 5.74) is 2.24. The second kappa shape index (κ2) is 13.8. The average Bonchev–Trinajstić information content (AvgIpc) is 3.17. The maximum atomic E-state index is 6.06. The minimum absolute atomic E-state index is 0. The van der Waals surface area contributed by atoms with Crippen LogP contribution in [0.3, 0.4) is 0 Å². The van der Waals surface area contributed by atoms with Crippen LogP contribution in [-0.2, 0) is 17.7 Å². The second-order valence-corrected chi connectivity index (χ2v) is 7.93. The summed E-state index contributed by atoms with van der Waals surface area (Å²) in [4.78, 5) is 11.2. The summed E-state index contributed by atoms with van der Waals surface area (Å²) in [6.45, 7) is 8.67. The van der Waals surface area contributed by atoms with Crippen LogP contribution in [0.25, 0.3) is 0 Å². The van der Waals surface area contributed by atoms with Gasteiger partial charge in [0.2, 0.25) is 0 Å². The Morgan fingerprint density at radius 1 is 1.27 bits per heavy atom. The number of aryl methyl sites for hydroxylation is 1. The van der Waals surface area contributed by atoms with E-state index < -0.39 is 0 Å². The Bertz CT molecular complexity index is 780. The van der Waals surface area contributed by atoms with Crippen LogP contribution in [0.1, 0.15) is 16.3 Å². The predicted octanol–water partition coefficient (Wildman–Crippen LogP) is 2.69. The van der Waals surface area contributed by atoms with Crippen molar-refractivity contribution in [3.05, 3.63) is 45.9 Å². The molecule has 0 aliphatic carbocycles. The number of halogens is 1. The van der Waals surface area contributed by atoms with Gasteiger partial charge in [0.1, 0.15) is 12.4 Å². The van der Waals surface area contributed by atoms with E-state index in [2.05, 4.69) is 37.0 Å². The molecule has 0 spiro atoms. The Balaban J connectivity index is 0.00000320. The summed E-state index contributed by atoms with van der Waals surface area (Å²) in [5, 5.41) is 9.93. The van der Waals surface area contributed by atoms with Gasteiger partial charge in [-0.15, -0.1) is 35.3 Å². The Labute approximate surface area is 200 Å². The lowest BCUT2D eigenvalue weighted by Crippen LogP contribution is -2.39. The lowest BCUT2D eigenvalue weighted by molar-refractivity contribution is 0.0322. The number of thiazole rings is 1. The van der Waals surface area contributed by atoms with Crippen molar-refractivity contribution < 1.29 is 9.47 Å². The first-order valence-electron chi connectivity index (χ1n) is 10.1. The number of guanidine groups is 1. The van der Waals surface area contributed by atoms with Crippen LogP contribution in [-0.4, -0.2) is 68.9 Å². The molecular weight excluding hydrogens is 513 g/mol. The number of rotatable bonds is 9. The lowest BCUT2D eigenvalue weighted by atomic mass is 10.2. The molecule has 2 aromatic rings. The van der Waals surface area contributed by atoms with Gasteiger partial charge in [-0.1, -0.05) is 18.2 Å². The topological polar surface area (TPSA) is 71.0 Å². The molecule has 0 saturated carbocycles. The SMILES string of the molecule is CN=C(NCCc1csc(C)n1)NCc1ccccc1OCCN1CCOCC1.I. The van der Waals surface area contributed by atoms with Gasteiger partial charge in [0.15, 0.2) is 5.96 Å². The fourth-order valence-electron chi connectivity index (χ4n) is 3.13. The molecule has 0 unspecified atom stereocenters. The van der Waals surface area contributed by atoms with E-state index in [1.54, 1.807) is 18.4 Å². The fourth-order valence-corrected chi connectivity index (χ4v) is 3.78. The minimum atomic E-state index is 0. The molecule has 1 saturated heterocycles. The molecule has 1 aromatic carbocycles. The quantitative estimate of drug-likeness (QED) is 0.287. The molecule has 1 aliphatic heterocycles. The molecule has 30 heavy (non-hydrogen) atoms. The molecule has 0 atom stereocenters. The van der Waals surface area contributed by atoms with Gasteiger partial charge >= 0.3 is 0 Å². The minimum Gasteiger partial charge on any atom is -0.492 e. The smallest absolute Gasteiger partial charge is 0.191 e. The number of para-hydroxylation sites is 1. The molecule has 0 bridgehead atoms. The highest BCUT2D eigenvalue weighted by Crippen LogP contribution is 2.17. The standard InChI is InChI=1S/C21H31N5O2S.HI/c1-17-25-19(16-29-17)7-8-23-21(22-2)24-15-18-5-3-4-6-20(18)28-14-11-26-9-12-27-13-10-26;/h3-6,16H,7-15H2,1-2H3,(H2,22,23,24);1H. The number of hydrogen-bond acceptors (Lipinski definition) is 6. The van der Waals surface area contributed by atoms with Gasteiger partial charge in [-0.3, -0.25) is 9.89 Å². The number of nitrogens with zero attached hydrogens (tertiary/aromatic N) is 3. The number of ether oxygens (including phenoxy) is 2. The average molecular weight is 545 g/mol. The van der Waals surface area contributed by atoms with Gasteiger partial charge in [0, 0.05) is 57.1 Å². The zero-order valence-corrected chi connectivity index (χ0v) is 20.9. The summed E-state index contributed by atoms with van der Waals surface area (Å²) >= 11 is 1.69. The zero-order valence-electron chi connectivity index (χ0n) is 17.7. The summed E-state index contributed by atoms with van der Waals surface area (Å²) < 4.78 is 11.4. The number of morpholine rings is 1. The van der Waals surface area contributed by atoms with Crippen molar-refractivity contribution in [2.45, 2.75) is 19.9 Å². The van der Waals surface area contributed by atoms with E-state index in [0.29, 0.717) is 13.2 Å². The molecule has 3 rings (SSSR count). The first-order chi connectivity index (χ1) is 14.2.